The Morgan fingerprint density at radius 2 is 2.20 bits per heavy atom. The van der Waals surface area contributed by atoms with Gasteiger partial charge in [-0.15, -0.1) is 0 Å². The highest BCUT2D eigenvalue weighted by molar-refractivity contribution is 5.79. The second kappa shape index (κ2) is 6.76. The Morgan fingerprint density at radius 3 is 3.08 bits per heavy atom. The van der Waals surface area contributed by atoms with Crippen molar-refractivity contribution in [2.24, 2.45) is 5.92 Å². The van der Waals surface area contributed by atoms with E-state index in [9.17, 15) is 4.79 Å². The van der Waals surface area contributed by atoms with Crippen LogP contribution in [0.15, 0.2) is 61.3 Å². The molecule has 0 fully saturated rings. The molecule has 3 heterocycles. The Morgan fingerprint density at radius 1 is 1.28 bits per heavy atom. The van der Waals surface area contributed by atoms with Gasteiger partial charge in [0, 0.05) is 25.1 Å². The molecule has 1 aromatic carbocycles. The molecule has 0 radical (unpaired) electrons. The number of nitrogens with one attached hydrogen (secondary N) is 1. The number of amides is 1. The van der Waals surface area contributed by atoms with Gasteiger partial charge in [0.05, 0.1) is 5.92 Å². The molecule has 1 aliphatic rings. The predicted molar refractivity (Wildman–Crippen MR) is 92.3 cm³/mol. The number of carbonyl (C=O) groups is 1. The standard InChI is InChI=1S/C19H18N4O2/c24-19(16-10-15-3-1-2-4-17(15)25-12-16)22-11-14-5-6-21-18(9-14)23-8-7-20-13-23/h1-9,13,16H,10-12H2,(H,22,24)/t16-/m0/s1. The second-order valence-corrected chi connectivity index (χ2v) is 6.03. The van der Waals surface area contributed by atoms with Crippen molar-refractivity contribution in [3.63, 3.8) is 0 Å². The van der Waals surface area contributed by atoms with Gasteiger partial charge in [0.15, 0.2) is 0 Å². The van der Waals surface area contributed by atoms with Gasteiger partial charge in [-0.2, -0.15) is 0 Å². The molecule has 4 rings (SSSR count). The minimum Gasteiger partial charge on any atom is -0.492 e. The first-order chi connectivity index (χ1) is 12.3. The van der Waals surface area contributed by atoms with E-state index < -0.39 is 0 Å². The first-order valence-electron chi connectivity index (χ1n) is 8.21. The van der Waals surface area contributed by atoms with E-state index in [1.165, 1.54) is 0 Å². The molecule has 0 aliphatic carbocycles. The van der Waals surface area contributed by atoms with Crippen molar-refractivity contribution in [3.05, 3.63) is 72.4 Å². The van der Waals surface area contributed by atoms with E-state index in [4.69, 9.17) is 4.74 Å². The maximum atomic E-state index is 12.5. The van der Waals surface area contributed by atoms with Gasteiger partial charge in [-0.05, 0) is 35.7 Å². The van der Waals surface area contributed by atoms with Crippen molar-refractivity contribution < 1.29 is 9.53 Å². The first-order valence-corrected chi connectivity index (χ1v) is 8.21. The largest absolute Gasteiger partial charge is 0.492 e. The number of para-hydroxylation sites is 1. The lowest BCUT2D eigenvalue weighted by Crippen LogP contribution is -2.37. The number of ether oxygens (including phenoxy) is 1. The minimum absolute atomic E-state index is 0.00972. The normalized spacial score (nSPS) is 15.9. The van der Waals surface area contributed by atoms with Gasteiger partial charge in [-0.25, -0.2) is 9.97 Å². The highest BCUT2D eigenvalue weighted by Gasteiger charge is 2.25. The lowest BCUT2D eigenvalue weighted by atomic mass is 9.96. The van der Waals surface area contributed by atoms with Gasteiger partial charge < -0.3 is 10.1 Å². The number of carbonyl (C=O) groups excluding carboxylic acids is 1. The Kier molecular flexibility index (Phi) is 4.16. The van der Waals surface area contributed by atoms with E-state index in [0.717, 1.165) is 22.7 Å². The molecule has 126 valence electrons. The van der Waals surface area contributed by atoms with Gasteiger partial charge in [0.25, 0.3) is 0 Å². The molecule has 25 heavy (non-hydrogen) atoms. The molecule has 6 heteroatoms. The molecule has 0 unspecified atom stereocenters. The molecule has 1 atom stereocenters. The molecule has 0 spiro atoms. The molecule has 6 nitrogen and oxygen atoms in total. The third kappa shape index (κ3) is 3.38. The fourth-order valence-corrected chi connectivity index (χ4v) is 2.94. The molecule has 2 aromatic heterocycles. The molecule has 0 saturated heterocycles. The zero-order valence-corrected chi connectivity index (χ0v) is 13.6. The highest BCUT2D eigenvalue weighted by atomic mass is 16.5. The summed E-state index contributed by atoms with van der Waals surface area (Å²) < 4.78 is 7.53. The third-order valence-corrected chi connectivity index (χ3v) is 4.30. The van der Waals surface area contributed by atoms with Gasteiger partial charge in [0.2, 0.25) is 5.91 Å². The summed E-state index contributed by atoms with van der Waals surface area (Å²) in [5.41, 5.74) is 2.07. The van der Waals surface area contributed by atoms with E-state index in [0.29, 0.717) is 19.6 Å². The topological polar surface area (TPSA) is 69.0 Å². The quantitative estimate of drug-likeness (QED) is 0.794. The van der Waals surface area contributed by atoms with Crippen molar-refractivity contribution in [2.75, 3.05) is 6.61 Å². The molecule has 1 N–H and O–H groups in total. The molecular weight excluding hydrogens is 316 g/mol. The number of hydrogen-bond donors (Lipinski definition) is 1. The summed E-state index contributed by atoms with van der Waals surface area (Å²) in [6.07, 6.45) is 7.68. The molecular formula is C19H18N4O2. The number of benzene rings is 1. The monoisotopic (exact) mass is 334 g/mol. The fourth-order valence-electron chi connectivity index (χ4n) is 2.94. The molecule has 0 bridgehead atoms. The van der Waals surface area contributed by atoms with Gasteiger partial charge >= 0.3 is 0 Å². The SMILES string of the molecule is O=C(NCc1ccnc(-n2ccnc2)c1)[C@@H]1COc2ccccc2C1. The van der Waals surface area contributed by atoms with Crippen LogP contribution in [0, 0.1) is 5.92 Å². The van der Waals surface area contributed by atoms with Crippen molar-refractivity contribution >= 4 is 5.91 Å². The summed E-state index contributed by atoms with van der Waals surface area (Å²) in [5, 5.41) is 3.00. The van der Waals surface area contributed by atoms with Gasteiger partial charge in [0.1, 0.15) is 24.5 Å². The second-order valence-electron chi connectivity index (χ2n) is 6.03. The third-order valence-electron chi connectivity index (χ3n) is 4.30. The van der Waals surface area contributed by atoms with E-state index >= 15 is 0 Å². The van der Waals surface area contributed by atoms with Crippen LogP contribution in [0.4, 0.5) is 0 Å². The van der Waals surface area contributed by atoms with Crippen molar-refractivity contribution in [1.82, 2.24) is 19.9 Å². The van der Waals surface area contributed by atoms with E-state index in [-0.39, 0.29) is 11.8 Å². The van der Waals surface area contributed by atoms with Crippen LogP contribution >= 0.6 is 0 Å². The number of hydrogen-bond acceptors (Lipinski definition) is 4. The van der Waals surface area contributed by atoms with Crippen LogP contribution in [0.25, 0.3) is 5.82 Å². The highest BCUT2D eigenvalue weighted by Crippen LogP contribution is 2.26. The number of fused-ring (bicyclic) bond motifs is 1. The Balaban J connectivity index is 1.39. The number of pyridine rings is 1. The molecule has 1 aliphatic heterocycles. The summed E-state index contributed by atoms with van der Waals surface area (Å²) in [6.45, 7) is 0.876. The minimum atomic E-state index is -0.162. The van der Waals surface area contributed by atoms with Crippen molar-refractivity contribution in [2.45, 2.75) is 13.0 Å². The predicted octanol–water partition coefficient (Wildman–Crippen LogP) is 2.13. The zero-order valence-electron chi connectivity index (χ0n) is 13.6. The Bertz CT molecular complexity index is 877. The van der Waals surface area contributed by atoms with E-state index in [1.807, 2.05) is 47.2 Å². The van der Waals surface area contributed by atoms with Gasteiger partial charge in [-0.1, -0.05) is 18.2 Å². The van der Waals surface area contributed by atoms with E-state index in [2.05, 4.69) is 15.3 Å². The maximum Gasteiger partial charge on any atom is 0.227 e. The smallest absolute Gasteiger partial charge is 0.227 e. The van der Waals surface area contributed by atoms with Gasteiger partial charge in [-0.3, -0.25) is 9.36 Å². The van der Waals surface area contributed by atoms with Crippen LogP contribution in [0.3, 0.4) is 0 Å². The summed E-state index contributed by atoms with van der Waals surface area (Å²) >= 11 is 0. The van der Waals surface area contributed by atoms with Crippen LogP contribution in [0.2, 0.25) is 0 Å². The van der Waals surface area contributed by atoms with Crippen molar-refractivity contribution in [3.8, 4) is 11.6 Å². The maximum absolute atomic E-state index is 12.5. The zero-order chi connectivity index (χ0) is 17.1. The number of nitrogens with zero attached hydrogens (tertiary/aromatic N) is 3. The number of imidazole rings is 1. The summed E-state index contributed by atoms with van der Waals surface area (Å²) in [5.74, 6) is 1.50. The molecule has 0 saturated carbocycles. The number of aromatic nitrogens is 3. The molecule has 3 aromatic rings. The van der Waals surface area contributed by atoms with Crippen LogP contribution < -0.4 is 10.1 Å². The van der Waals surface area contributed by atoms with Crippen LogP contribution in [0.1, 0.15) is 11.1 Å². The Hall–Kier alpha value is -3.15. The molecule has 1 amide bonds. The number of rotatable bonds is 4. The average molecular weight is 334 g/mol. The lowest BCUT2D eigenvalue weighted by molar-refractivity contribution is -0.126. The lowest BCUT2D eigenvalue weighted by Gasteiger charge is -2.24. The fraction of sp³-hybridized carbons (Fsp3) is 0.211. The van der Waals surface area contributed by atoms with E-state index in [1.54, 1.807) is 18.7 Å². The Labute approximate surface area is 145 Å². The summed E-state index contributed by atoms with van der Waals surface area (Å²) in [6, 6.07) is 11.7. The summed E-state index contributed by atoms with van der Waals surface area (Å²) in [4.78, 5) is 20.8. The first kappa shape index (κ1) is 15.4. The summed E-state index contributed by atoms with van der Waals surface area (Å²) in [7, 11) is 0. The van der Waals surface area contributed by atoms with Crippen LogP contribution in [-0.4, -0.2) is 27.0 Å². The van der Waals surface area contributed by atoms with Crippen molar-refractivity contribution in [1.29, 1.82) is 0 Å². The van der Waals surface area contributed by atoms with Crippen LogP contribution in [-0.2, 0) is 17.8 Å². The average Bonchev–Trinajstić information content (AvgIpc) is 3.21. The van der Waals surface area contributed by atoms with Crippen LogP contribution in [0.5, 0.6) is 5.75 Å².